The first kappa shape index (κ1) is 10.6. The number of ether oxygens (including phenoxy) is 1. The van der Waals surface area contributed by atoms with Crippen molar-refractivity contribution in [3.63, 3.8) is 0 Å². The molecule has 3 heteroatoms. The van der Waals surface area contributed by atoms with Crippen LogP contribution in [0, 0.1) is 0 Å². The Morgan fingerprint density at radius 3 is 2.80 bits per heavy atom. The highest BCUT2D eigenvalue weighted by molar-refractivity contribution is 5.16. The summed E-state index contributed by atoms with van der Waals surface area (Å²) >= 11 is 0. The van der Waals surface area contributed by atoms with Crippen molar-refractivity contribution in [1.82, 2.24) is 4.98 Å². The van der Waals surface area contributed by atoms with E-state index in [1.807, 2.05) is 12.4 Å². The Balaban J connectivity index is 2.00. The van der Waals surface area contributed by atoms with Crippen LogP contribution in [0.25, 0.3) is 0 Å². The molecule has 0 saturated carbocycles. The normalized spacial score (nSPS) is 27.9. The lowest BCUT2D eigenvalue weighted by molar-refractivity contribution is 0.0373. The fourth-order valence-electron chi connectivity index (χ4n) is 2.16. The van der Waals surface area contributed by atoms with Crippen molar-refractivity contribution < 1.29 is 4.74 Å². The van der Waals surface area contributed by atoms with E-state index in [1.54, 1.807) is 0 Å². The van der Waals surface area contributed by atoms with E-state index in [-0.39, 0.29) is 6.10 Å². The van der Waals surface area contributed by atoms with Crippen LogP contribution in [0.4, 0.5) is 0 Å². The fourth-order valence-corrected chi connectivity index (χ4v) is 2.16. The maximum Gasteiger partial charge on any atom is 0.0702 e. The van der Waals surface area contributed by atoms with E-state index >= 15 is 0 Å². The van der Waals surface area contributed by atoms with Crippen LogP contribution in [0.5, 0.6) is 0 Å². The molecule has 0 amide bonds. The summed E-state index contributed by atoms with van der Waals surface area (Å²) in [7, 11) is 0. The molecule has 0 bridgehead atoms. The number of nitrogens with zero attached hydrogens (tertiary/aromatic N) is 1. The molecular weight excluding hydrogens is 188 g/mol. The first-order chi connectivity index (χ1) is 7.31. The molecule has 1 aromatic heterocycles. The van der Waals surface area contributed by atoms with E-state index in [4.69, 9.17) is 10.5 Å². The average molecular weight is 206 g/mol. The molecule has 2 N–H and O–H groups in total. The van der Waals surface area contributed by atoms with E-state index in [0.29, 0.717) is 18.6 Å². The van der Waals surface area contributed by atoms with Crippen molar-refractivity contribution in [2.45, 2.75) is 37.9 Å². The molecule has 0 aliphatic carbocycles. The minimum absolute atomic E-state index is 0.263. The van der Waals surface area contributed by atoms with Crippen molar-refractivity contribution in [2.75, 3.05) is 6.54 Å². The van der Waals surface area contributed by atoms with Gasteiger partial charge in [-0.2, -0.15) is 0 Å². The van der Waals surface area contributed by atoms with Gasteiger partial charge in [-0.1, -0.05) is 6.92 Å². The molecular formula is C12H18N2O. The average Bonchev–Trinajstić information content (AvgIpc) is 2.78. The van der Waals surface area contributed by atoms with E-state index in [0.717, 1.165) is 12.8 Å². The first-order valence-electron chi connectivity index (χ1n) is 5.56. The number of hydrogen-bond acceptors (Lipinski definition) is 3. The van der Waals surface area contributed by atoms with Crippen molar-refractivity contribution in [3.8, 4) is 0 Å². The monoisotopic (exact) mass is 206 g/mol. The predicted octanol–water partition coefficient (Wildman–Crippen LogP) is 1.69. The molecule has 0 aromatic carbocycles. The third kappa shape index (κ3) is 2.36. The molecule has 1 saturated heterocycles. The molecule has 3 unspecified atom stereocenters. The van der Waals surface area contributed by atoms with Crippen molar-refractivity contribution >= 4 is 0 Å². The van der Waals surface area contributed by atoms with Gasteiger partial charge in [-0.3, -0.25) is 4.98 Å². The van der Waals surface area contributed by atoms with Gasteiger partial charge in [-0.15, -0.1) is 0 Å². The smallest absolute Gasteiger partial charge is 0.0702 e. The van der Waals surface area contributed by atoms with Gasteiger partial charge >= 0.3 is 0 Å². The molecule has 1 aromatic rings. The number of hydrogen-bond donors (Lipinski definition) is 1. The Morgan fingerprint density at radius 2 is 2.20 bits per heavy atom. The lowest BCUT2D eigenvalue weighted by Crippen LogP contribution is -2.23. The quantitative estimate of drug-likeness (QED) is 0.818. The molecule has 1 aliphatic rings. The Labute approximate surface area is 90.7 Å². The zero-order valence-corrected chi connectivity index (χ0v) is 9.10. The summed E-state index contributed by atoms with van der Waals surface area (Å²) in [4.78, 5) is 4.02. The van der Waals surface area contributed by atoms with Crippen LogP contribution < -0.4 is 5.73 Å². The molecule has 0 radical (unpaired) electrons. The van der Waals surface area contributed by atoms with Crippen LogP contribution >= 0.6 is 0 Å². The topological polar surface area (TPSA) is 48.1 Å². The fraction of sp³-hybridized carbons (Fsp3) is 0.583. The summed E-state index contributed by atoms with van der Waals surface area (Å²) < 4.78 is 5.88. The highest BCUT2D eigenvalue weighted by atomic mass is 16.5. The lowest BCUT2D eigenvalue weighted by Gasteiger charge is -2.20. The first-order valence-corrected chi connectivity index (χ1v) is 5.56. The molecule has 0 spiro atoms. The Bertz CT molecular complexity index is 302. The maximum absolute atomic E-state index is 5.88. The zero-order valence-electron chi connectivity index (χ0n) is 9.10. The molecule has 15 heavy (non-hydrogen) atoms. The van der Waals surface area contributed by atoms with Crippen molar-refractivity contribution in [3.05, 3.63) is 30.1 Å². The summed E-state index contributed by atoms with van der Waals surface area (Å²) in [6, 6.07) is 4.12. The van der Waals surface area contributed by atoms with Gasteiger partial charge < -0.3 is 10.5 Å². The Hall–Kier alpha value is -0.930. The van der Waals surface area contributed by atoms with Gasteiger partial charge in [0.25, 0.3) is 0 Å². The summed E-state index contributed by atoms with van der Waals surface area (Å²) in [5.74, 6) is 0.435. The van der Waals surface area contributed by atoms with E-state index in [9.17, 15) is 0 Å². The van der Waals surface area contributed by atoms with Crippen LogP contribution in [0.2, 0.25) is 0 Å². The van der Waals surface area contributed by atoms with Crippen LogP contribution in [-0.2, 0) is 4.74 Å². The van der Waals surface area contributed by atoms with Crippen LogP contribution in [0.1, 0.15) is 31.2 Å². The van der Waals surface area contributed by atoms with Gasteiger partial charge in [0.05, 0.1) is 12.2 Å². The molecule has 3 nitrogen and oxygen atoms in total. The largest absolute Gasteiger partial charge is 0.373 e. The molecule has 2 heterocycles. The van der Waals surface area contributed by atoms with Crippen molar-refractivity contribution in [2.24, 2.45) is 5.73 Å². The SMILES string of the molecule is CC(c1ccncc1)C1CCC(CN)O1. The minimum atomic E-state index is 0.263. The number of aromatic nitrogens is 1. The Kier molecular flexibility index (Phi) is 3.34. The molecule has 2 rings (SSSR count). The minimum Gasteiger partial charge on any atom is -0.373 e. The lowest BCUT2D eigenvalue weighted by atomic mass is 9.94. The molecule has 3 atom stereocenters. The van der Waals surface area contributed by atoms with E-state index < -0.39 is 0 Å². The second kappa shape index (κ2) is 4.73. The number of nitrogens with two attached hydrogens (primary N) is 1. The van der Waals surface area contributed by atoms with Gasteiger partial charge in [-0.25, -0.2) is 0 Å². The van der Waals surface area contributed by atoms with Gasteiger partial charge in [0, 0.05) is 24.9 Å². The number of rotatable bonds is 3. The van der Waals surface area contributed by atoms with Gasteiger partial charge in [0.15, 0.2) is 0 Å². The van der Waals surface area contributed by atoms with Crippen LogP contribution in [0.15, 0.2) is 24.5 Å². The maximum atomic E-state index is 5.88. The van der Waals surface area contributed by atoms with E-state index in [1.165, 1.54) is 5.56 Å². The van der Waals surface area contributed by atoms with Gasteiger partial charge in [0.1, 0.15) is 0 Å². The van der Waals surface area contributed by atoms with Crippen LogP contribution in [-0.4, -0.2) is 23.7 Å². The Morgan fingerprint density at radius 1 is 1.47 bits per heavy atom. The third-order valence-corrected chi connectivity index (χ3v) is 3.19. The summed E-state index contributed by atoms with van der Waals surface area (Å²) in [6.45, 7) is 2.85. The highest BCUT2D eigenvalue weighted by Gasteiger charge is 2.29. The highest BCUT2D eigenvalue weighted by Crippen LogP contribution is 2.30. The standard InChI is InChI=1S/C12H18N2O/c1-9(10-4-6-14-7-5-10)12-3-2-11(8-13)15-12/h4-7,9,11-12H,2-3,8,13H2,1H3. The molecule has 82 valence electrons. The predicted molar refractivity (Wildman–Crippen MR) is 59.6 cm³/mol. The van der Waals surface area contributed by atoms with Gasteiger partial charge in [0.2, 0.25) is 0 Å². The summed E-state index contributed by atoms with van der Waals surface area (Å²) in [5, 5.41) is 0. The van der Waals surface area contributed by atoms with Crippen molar-refractivity contribution in [1.29, 1.82) is 0 Å². The summed E-state index contributed by atoms with van der Waals surface area (Å²) in [5.41, 5.74) is 6.90. The molecule has 1 fully saturated rings. The van der Waals surface area contributed by atoms with Gasteiger partial charge in [-0.05, 0) is 30.5 Å². The van der Waals surface area contributed by atoms with Crippen LogP contribution in [0.3, 0.4) is 0 Å². The zero-order chi connectivity index (χ0) is 10.7. The molecule has 1 aliphatic heterocycles. The summed E-state index contributed by atoms with van der Waals surface area (Å²) in [6.07, 6.45) is 6.46. The third-order valence-electron chi connectivity index (χ3n) is 3.19. The second-order valence-electron chi connectivity index (χ2n) is 4.18. The van der Waals surface area contributed by atoms with E-state index in [2.05, 4.69) is 24.0 Å². The number of pyridine rings is 1. The second-order valence-corrected chi connectivity index (χ2v) is 4.18.